The third-order valence-electron chi connectivity index (χ3n) is 3.51. The highest BCUT2D eigenvalue weighted by molar-refractivity contribution is 4.81. The number of rotatable bonds is 10. The molecule has 18 heavy (non-hydrogen) atoms. The Bertz CT molecular complexity index is 192. The molecule has 0 spiro atoms. The van der Waals surface area contributed by atoms with Crippen LogP contribution < -0.4 is 5.32 Å². The van der Waals surface area contributed by atoms with Gasteiger partial charge in [0, 0.05) is 13.2 Å². The van der Waals surface area contributed by atoms with Crippen molar-refractivity contribution in [1.29, 1.82) is 0 Å². The van der Waals surface area contributed by atoms with Gasteiger partial charge in [0.1, 0.15) is 0 Å². The van der Waals surface area contributed by atoms with Crippen LogP contribution in [-0.4, -0.2) is 25.8 Å². The van der Waals surface area contributed by atoms with Crippen LogP contribution in [0, 0.1) is 17.8 Å². The molecule has 0 aliphatic carbocycles. The van der Waals surface area contributed by atoms with E-state index in [9.17, 15) is 0 Å². The molecule has 0 aliphatic heterocycles. The fourth-order valence-corrected chi connectivity index (χ4v) is 2.90. The van der Waals surface area contributed by atoms with Crippen molar-refractivity contribution in [2.75, 3.05) is 13.7 Å². The minimum Gasteiger partial charge on any atom is -0.380 e. The van der Waals surface area contributed by atoms with Gasteiger partial charge in [-0.1, -0.05) is 41.5 Å². The van der Waals surface area contributed by atoms with Crippen molar-refractivity contribution in [3.8, 4) is 0 Å². The van der Waals surface area contributed by atoms with Gasteiger partial charge in [-0.3, -0.25) is 0 Å². The topological polar surface area (TPSA) is 21.3 Å². The lowest BCUT2D eigenvalue weighted by atomic mass is 9.87. The van der Waals surface area contributed by atoms with Gasteiger partial charge in [-0.15, -0.1) is 0 Å². The molecule has 3 unspecified atom stereocenters. The number of nitrogens with one attached hydrogen (secondary N) is 1. The van der Waals surface area contributed by atoms with Crippen LogP contribution in [0.1, 0.15) is 60.8 Å². The van der Waals surface area contributed by atoms with Crippen molar-refractivity contribution >= 4 is 0 Å². The molecule has 0 aromatic heterocycles. The molecule has 3 atom stereocenters. The van der Waals surface area contributed by atoms with E-state index in [4.69, 9.17) is 4.74 Å². The maximum absolute atomic E-state index is 5.71. The van der Waals surface area contributed by atoms with Gasteiger partial charge in [-0.2, -0.15) is 0 Å². The first-order valence-electron chi connectivity index (χ1n) is 7.68. The van der Waals surface area contributed by atoms with Gasteiger partial charge in [0.05, 0.1) is 6.10 Å². The minimum absolute atomic E-state index is 0.325. The molecule has 0 rings (SSSR count). The molecule has 110 valence electrons. The third kappa shape index (κ3) is 7.38. The van der Waals surface area contributed by atoms with E-state index in [1.807, 2.05) is 7.11 Å². The Morgan fingerprint density at radius 1 is 1.00 bits per heavy atom. The van der Waals surface area contributed by atoms with Crippen molar-refractivity contribution in [1.82, 2.24) is 5.32 Å². The SMILES string of the molecule is CCCNC(CC(C)CC(C)C)C(OC)C(C)C. The molecule has 2 heteroatoms. The molecular weight excluding hydrogens is 222 g/mol. The molecule has 0 saturated heterocycles. The molecule has 0 fully saturated rings. The van der Waals surface area contributed by atoms with E-state index in [2.05, 4.69) is 46.9 Å². The first-order valence-corrected chi connectivity index (χ1v) is 7.68. The van der Waals surface area contributed by atoms with Crippen LogP contribution in [0.3, 0.4) is 0 Å². The fourth-order valence-electron chi connectivity index (χ4n) is 2.90. The predicted octanol–water partition coefficient (Wildman–Crippen LogP) is 4.10. The summed E-state index contributed by atoms with van der Waals surface area (Å²) in [6.45, 7) is 14.8. The highest BCUT2D eigenvalue weighted by Gasteiger charge is 2.25. The normalized spacial score (nSPS) is 17.2. The smallest absolute Gasteiger partial charge is 0.0747 e. The second-order valence-corrected chi connectivity index (χ2v) is 6.48. The zero-order valence-electron chi connectivity index (χ0n) is 13.6. The Hall–Kier alpha value is -0.0800. The van der Waals surface area contributed by atoms with Crippen LogP contribution >= 0.6 is 0 Å². The molecule has 1 N–H and O–H groups in total. The summed E-state index contributed by atoms with van der Waals surface area (Å²) < 4.78 is 5.71. The van der Waals surface area contributed by atoms with Crippen molar-refractivity contribution in [2.45, 2.75) is 73.0 Å². The second-order valence-electron chi connectivity index (χ2n) is 6.48. The minimum atomic E-state index is 0.325. The van der Waals surface area contributed by atoms with Crippen molar-refractivity contribution in [2.24, 2.45) is 17.8 Å². The quantitative estimate of drug-likeness (QED) is 0.636. The number of hydrogen-bond acceptors (Lipinski definition) is 2. The first-order chi connectivity index (χ1) is 8.42. The standard InChI is InChI=1S/C16H35NO/c1-8-9-17-15(16(18-7)13(4)5)11-14(6)10-12(2)3/h12-17H,8-11H2,1-7H3. The largest absolute Gasteiger partial charge is 0.380 e. The van der Waals surface area contributed by atoms with E-state index < -0.39 is 0 Å². The maximum Gasteiger partial charge on any atom is 0.0747 e. The van der Waals surface area contributed by atoms with Crippen LogP contribution in [0.5, 0.6) is 0 Å². The molecule has 0 radical (unpaired) electrons. The molecule has 0 heterocycles. The molecule has 0 saturated carbocycles. The monoisotopic (exact) mass is 257 g/mol. The van der Waals surface area contributed by atoms with E-state index in [-0.39, 0.29) is 0 Å². The summed E-state index contributed by atoms with van der Waals surface area (Å²) in [4.78, 5) is 0. The summed E-state index contributed by atoms with van der Waals surface area (Å²) in [7, 11) is 1.85. The molecule has 0 aromatic rings. The number of hydrogen-bond donors (Lipinski definition) is 1. The lowest BCUT2D eigenvalue weighted by molar-refractivity contribution is 0.0257. The van der Waals surface area contributed by atoms with Crippen molar-refractivity contribution in [3.05, 3.63) is 0 Å². The zero-order chi connectivity index (χ0) is 14.1. The molecule has 2 nitrogen and oxygen atoms in total. The van der Waals surface area contributed by atoms with Crippen molar-refractivity contribution < 1.29 is 4.74 Å². The predicted molar refractivity (Wildman–Crippen MR) is 81.0 cm³/mol. The number of methoxy groups -OCH3 is 1. The summed E-state index contributed by atoms with van der Waals surface area (Å²) in [5.41, 5.74) is 0. The molecular formula is C16H35NO. The van der Waals surface area contributed by atoms with E-state index in [1.165, 1.54) is 19.3 Å². The Morgan fingerprint density at radius 2 is 1.61 bits per heavy atom. The fraction of sp³-hybridized carbons (Fsp3) is 1.00. The average Bonchev–Trinajstić information content (AvgIpc) is 2.24. The molecule has 0 amide bonds. The summed E-state index contributed by atoms with van der Waals surface area (Å²) in [6, 6.07) is 0.490. The Kier molecular flexibility index (Phi) is 9.76. The van der Waals surface area contributed by atoms with Crippen LogP contribution in [0.25, 0.3) is 0 Å². The van der Waals surface area contributed by atoms with E-state index in [0.717, 1.165) is 18.4 Å². The molecule has 0 bridgehead atoms. The van der Waals surface area contributed by atoms with Gasteiger partial charge < -0.3 is 10.1 Å². The van der Waals surface area contributed by atoms with E-state index in [1.54, 1.807) is 0 Å². The van der Waals surface area contributed by atoms with Gasteiger partial charge in [0.25, 0.3) is 0 Å². The molecule has 0 aromatic carbocycles. The first kappa shape index (κ1) is 17.9. The summed E-state index contributed by atoms with van der Waals surface area (Å²) in [5, 5.41) is 3.68. The highest BCUT2D eigenvalue weighted by Crippen LogP contribution is 2.21. The van der Waals surface area contributed by atoms with E-state index in [0.29, 0.717) is 18.1 Å². The Labute approximate surface area is 115 Å². The lowest BCUT2D eigenvalue weighted by Crippen LogP contribution is -2.45. The lowest BCUT2D eigenvalue weighted by Gasteiger charge is -2.32. The van der Waals surface area contributed by atoms with Crippen LogP contribution in [-0.2, 0) is 4.74 Å². The highest BCUT2D eigenvalue weighted by atomic mass is 16.5. The third-order valence-corrected chi connectivity index (χ3v) is 3.51. The second kappa shape index (κ2) is 9.80. The van der Waals surface area contributed by atoms with Gasteiger partial charge >= 0.3 is 0 Å². The molecule has 0 aliphatic rings. The zero-order valence-corrected chi connectivity index (χ0v) is 13.6. The Morgan fingerprint density at radius 3 is 2.00 bits per heavy atom. The van der Waals surface area contributed by atoms with Gasteiger partial charge in [-0.25, -0.2) is 0 Å². The summed E-state index contributed by atoms with van der Waals surface area (Å²) in [5.74, 6) is 2.11. The van der Waals surface area contributed by atoms with Gasteiger partial charge in [0.15, 0.2) is 0 Å². The van der Waals surface area contributed by atoms with Gasteiger partial charge in [0.2, 0.25) is 0 Å². The van der Waals surface area contributed by atoms with Crippen LogP contribution in [0.15, 0.2) is 0 Å². The van der Waals surface area contributed by atoms with Crippen LogP contribution in [0.4, 0.5) is 0 Å². The average molecular weight is 257 g/mol. The number of ether oxygens (including phenoxy) is 1. The summed E-state index contributed by atoms with van der Waals surface area (Å²) in [6.07, 6.45) is 4.03. The maximum atomic E-state index is 5.71. The summed E-state index contributed by atoms with van der Waals surface area (Å²) >= 11 is 0. The van der Waals surface area contributed by atoms with Crippen LogP contribution in [0.2, 0.25) is 0 Å². The van der Waals surface area contributed by atoms with Gasteiger partial charge in [-0.05, 0) is 43.6 Å². The van der Waals surface area contributed by atoms with E-state index >= 15 is 0 Å². The van der Waals surface area contributed by atoms with Crippen molar-refractivity contribution in [3.63, 3.8) is 0 Å². The Balaban J connectivity index is 4.45.